The molecule has 0 unspecified atom stereocenters. The number of aromatic nitrogens is 2. The molecule has 1 heterocycles. The van der Waals surface area contributed by atoms with E-state index in [0.29, 0.717) is 28.8 Å². The summed E-state index contributed by atoms with van der Waals surface area (Å²) in [5, 5.41) is 16.9. The molecule has 0 atom stereocenters. The van der Waals surface area contributed by atoms with Crippen molar-refractivity contribution in [1.29, 1.82) is 5.26 Å². The minimum Gasteiger partial charge on any atom is -0.497 e. The van der Waals surface area contributed by atoms with Gasteiger partial charge in [-0.1, -0.05) is 0 Å². The maximum Gasteiger partial charge on any atom is 0.254 e. The van der Waals surface area contributed by atoms with Crippen LogP contribution < -0.4 is 14.2 Å². The third-order valence-corrected chi connectivity index (χ3v) is 3.45. The van der Waals surface area contributed by atoms with Gasteiger partial charge in [0.2, 0.25) is 5.89 Å². The van der Waals surface area contributed by atoms with Gasteiger partial charge in [-0.05, 0) is 36.4 Å². The zero-order valence-corrected chi connectivity index (χ0v) is 13.7. The fourth-order valence-corrected chi connectivity index (χ4v) is 2.16. The summed E-state index contributed by atoms with van der Waals surface area (Å²) in [7, 11) is 3.12. The van der Waals surface area contributed by atoms with Crippen LogP contribution in [0.3, 0.4) is 0 Å². The SMILES string of the molecule is COc1ccc(-c2nnc(COc3ccc(C#N)cc3OC)o2)cc1. The summed E-state index contributed by atoms with van der Waals surface area (Å²) in [4.78, 5) is 0. The summed E-state index contributed by atoms with van der Waals surface area (Å²) in [5.74, 6) is 2.43. The van der Waals surface area contributed by atoms with Gasteiger partial charge in [-0.3, -0.25) is 0 Å². The van der Waals surface area contributed by atoms with Crippen molar-refractivity contribution in [3.05, 3.63) is 53.9 Å². The molecule has 126 valence electrons. The van der Waals surface area contributed by atoms with Crippen molar-refractivity contribution in [3.63, 3.8) is 0 Å². The highest BCUT2D eigenvalue weighted by Gasteiger charge is 2.11. The van der Waals surface area contributed by atoms with E-state index in [2.05, 4.69) is 10.2 Å². The largest absolute Gasteiger partial charge is 0.497 e. The van der Waals surface area contributed by atoms with E-state index in [9.17, 15) is 0 Å². The predicted molar refractivity (Wildman–Crippen MR) is 88.3 cm³/mol. The molecule has 0 amide bonds. The van der Waals surface area contributed by atoms with Crippen LogP contribution in [0.1, 0.15) is 11.5 Å². The number of hydrogen-bond acceptors (Lipinski definition) is 7. The molecule has 0 saturated carbocycles. The van der Waals surface area contributed by atoms with Crippen LogP contribution in [0, 0.1) is 11.3 Å². The van der Waals surface area contributed by atoms with Gasteiger partial charge in [0, 0.05) is 11.6 Å². The van der Waals surface area contributed by atoms with Crippen molar-refractivity contribution in [3.8, 4) is 34.8 Å². The fraction of sp³-hybridized carbons (Fsp3) is 0.167. The van der Waals surface area contributed by atoms with E-state index >= 15 is 0 Å². The first-order valence-electron chi connectivity index (χ1n) is 7.41. The molecular formula is C18H15N3O4. The molecule has 7 heteroatoms. The number of rotatable bonds is 6. The molecule has 2 aromatic carbocycles. The third kappa shape index (κ3) is 3.70. The van der Waals surface area contributed by atoms with E-state index in [-0.39, 0.29) is 6.61 Å². The summed E-state index contributed by atoms with van der Waals surface area (Å²) < 4.78 is 21.6. The predicted octanol–water partition coefficient (Wildman–Crippen LogP) is 3.20. The van der Waals surface area contributed by atoms with E-state index in [1.807, 2.05) is 30.3 Å². The summed E-state index contributed by atoms with van der Waals surface area (Å²) in [6.45, 7) is 0.0887. The minimum atomic E-state index is 0.0887. The van der Waals surface area contributed by atoms with E-state index in [1.165, 1.54) is 7.11 Å². The Kier molecular flexibility index (Phi) is 4.81. The Morgan fingerprint density at radius 3 is 2.48 bits per heavy atom. The first kappa shape index (κ1) is 16.3. The van der Waals surface area contributed by atoms with Crippen LogP contribution in [-0.4, -0.2) is 24.4 Å². The molecule has 3 rings (SSSR count). The molecular weight excluding hydrogens is 322 g/mol. The van der Waals surface area contributed by atoms with E-state index in [4.69, 9.17) is 23.9 Å². The van der Waals surface area contributed by atoms with Crippen molar-refractivity contribution >= 4 is 0 Å². The zero-order valence-electron chi connectivity index (χ0n) is 13.7. The third-order valence-electron chi connectivity index (χ3n) is 3.45. The highest BCUT2D eigenvalue weighted by molar-refractivity contribution is 5.54. The topological polar surface area (TPSA) is 90.4 Å². The molecule has 0 aliphatic heterocycles. The van der Waals surface area contributed by atoms with Gasteiger partial charge >= 0.3 is 0 Å². The molecule has 0 bridgehead atoms. The Morgan fingerprint density at radius 1 is 1.00 bits per heavy atom. The Bertz CT molecular complexity index is 897. The van der Waals surface area contributed by atoms with Crippen LogP contribution in [0.2, 0.25) is 0 Å². The number of benzene rings is 2. The Labute approximate surface area is 144 Å². The number of ether oxygens (including phenoxy) is 3. The molecule has 7 nitrogen and oxygen atoms in total. The number of nitriles is 1. The molecule has 0 N–H and O–H groups in total. The van der Waals surface area contributed by atoms with Gasteiger partial charge < -0.3 is 18.6 Å². The quantitative estimate of drug-likeness (QED) is 0.682. The van der Waals surface area contributed by atoms with E-state index < -0.39 is 0 Å². The van der Waals surface area contributed by atoms with Crippen LogP contribution in [0.4, 0.5) is 0 Å². The summed E-state index contributed by atoms with van der Waals surface area (Å²) in [6.07, 6.45) is 0. The molecule has 0 aliphatic carbocycles. The van der Waals surface area contributed by atoms with Gasteiger partial charge in [-0.15, -0.1) is 10.2 Å². The smallest absolute Gasteiger partial charge is 0.254 e. The zero-order chi connectivity index (χ0) is 17.6. The van der Waals surface area contributed by atoms with Crippen molar-refractivity contribution < 1.29 is 18.6 Å². The Hall–Kier alpha value is -3.53. The molecule has 1 aromatic heterocycles. The first-order valence-corrected chi connectivity index (χ1v) is 7.41. The fourth-order valence-electron chi connectivity index (χ4n) is 2.16. The second kappa shape index (κ2) is 7.36. The Balaban J connectivity index is 1.70. The number of hydrogen-bond donors (Lipinski definition) is 0. The number of methoxy groups -OCH3 is 2. The highest BCUT2D eigenvalue weighted by atomic mass is 16.5. The van der Waals surface area contributed by atoms with Crippen molar-refractivity contribution in [2.75, 3.05) is 14.2 Å². The lowest BCUT2D eigenvalue weighted by Gasteiger charge is -2.08. The van der Waals surface area contributed by atoms with Gasteiger partial charge in [-0.25, -0.2) is 0 Å². The van der Waals surface area contributed by atoms with Crippen LogP contribution in [0.25, 0.3) is 11.5 Å². The number of nitrogens with zero attached hydrogens (tertiary/aromatic N) is 3. The van der Waals surface area contributed by atoms with Gasteiger partial charge in [0.15, 0.2) is 18.1 Å². The monoisotopic (exact) mass is 337 g/mol. The standard InChI is InChI=1S/C18H15N3O4/c1-22-14-6-4-13(5-7-14)18-21-20-17(25-18)11-24-15-8-3-12(10-19)9-16(15)23-2/h3-9H,11H2,1-2H3. The highest BCUT2D eigenvalue weighted by Crippen LogP contribution is 2.29. The second-order valence-electron chi connectivity index (χ2n) is 5.00. The average Bonchev–Trinajstić information content (AvgIpc) is 3.15. The molecule has 0 aliphatic rings. The Morgan fingerprint density at radius 2 is 1.80 bits per heavy atom. The van der Waals surface area contributed by atoms with Gasteiger partial charge in [0.25, 0.3) is 5.89 Å². The summed E-state index contributed by atoms with van der Waals surface area (Å²) >= 11 is 0. The van der Waals surface area contributed by atoms with Gasteiger partial charge in [0.05, 0.1) is 25.9 Å². The van der Waals surface area contributed by atoms with Gasteiger partial charge in [-0.2, -0.15) is 5.26 Å². The molecule has 0 radical (unpaired) electrons. The molecule has 3 aromatic rings. The van der Waals surface area contributed by atoms with Crippen LogP contribution >= 0.6 is 0 Å². The molecule has 0 spiro atoms. The summed E-state index contributed by atoms with van der Waals surface area (Å²) in [6, 6.07) is 14.3. The molecule has 0 saturated heterocycles. The van der Waals surface area contributed by atoms with Crippen LogP contribution in [0.15, 0.2) is 46.9 Å². The maximum absolute atomic E-state index is 8.91. The molecule has 0 fully saturated rings. The van der Waals surface area contributed by atoms with Crippen molar-refractivity contribution in [1.82, 2.24) is 10.2 Å². The van der Waals surface area contributed by atoms with E-state index in [1.54, 1.807) is 25.3 Å². The normalized spacial score (nSPS) is 10.1. The van der Waals surface area contributed by atoms with Gasteiger partial charge in [0.1, 0.15) is 5.75 Å². The maximum atomic E-state index is 8.91. The second-order valence-corrected chi connectivity index (χ2v) is 5.00. The minimum absolute atomic E-state index is 0.0887. The molecule has 25 heavy (non-hydrogen) atoms. The van der Waals surface area contributed by atoms with E-state index in [0.717, 1.165) is 11.3 Å². The van der Waals surface area contributed by atoms with Crippen molar-refractivity contribution in [2.45, 2.75) is 6.61 Å². The lowest BCUT2D eigenvalue weighted by atomic mass is 10.2. The van der Waals surface area contributed by atoms with Crippen LogP contribution in [-0.2, 0) is 6.61 Å². The average molecular weight is 337 g/mol. The van der Waals surface area contributed by atoms with Crippen LogP contribution in [0.5, 0.6) is 17.2 Å². The lowest BCUT2D eigenvalue weighted by molar-refractivity contribution is 0.251. The lowest BCUT2D eigenvalue weighted by Crippen LogP contribution is -1.98. The first-order chi connectivity index (χ1) is 12.2. The summed E-state index contributed by atoms with van der Waals surface area (Å²) in [5.41, 5.74) is 1.28. The van der Waals surface area contributed by atoms with Crippen molar-refractivity contribution in [2.24, 2.45) is 0 Å².